The molecule has 1 aliphatic heterocycles. The van der Waals surface area contributed by atoms with Gasteiger partial charge in [-0.1, -0.05) is 43.7 Å². The third-order valence-electron chi connectivity index (χ3n) is 2.08. The van der Waals surface area contributed by atoms with Crippen LogP contribution < -0.4 is 0 Å². The van der Waals surface area contributed by atoms with Crippen LogP contribution in [0.25, 0.3) is 0 Å². The molecule has 1 rings (SSSR count). The van der Waals surface area contributed by atoms with E-state index >= 15 is 0 Å². The van der Waals surface area contributed by atoms with E-state index in [0.717, 1.165) is 12.8 Å². The van der Waals surface area contributed by atoms with Gasteiger partial charge in [0.2, 0.25) is 0 Å². The zero-order chi connectivity index (χ0) is 9.52. The molecule has 0 aromatic heterocycles. The summed E-state index contributed by atoms with van der Waals surface area (Å²) < 4.78 is 0. The predicted molar refractivity (Wildman–Crippen MR) is 58.9 cm³/mol. The Bertz CT molecular complexity index is 254. The van der Waals surface area contributed by atoms with Crippen molar-refractivity contribution < 1.29 is 0 Å². The second-order valence-electron chi connectivity index (χ2n) is 3.48. The van der Waals surface area contributed by atoms with Gasteiger partial charge in [-0.2, -0.15) is 0 Å². The van der Waals surface area contributed by atoms with Crippen molar-refractivity contribution >= 4 is 6.21 Å². The Balaban J connectivity index is 2.71. The highest BCUT2D eigenvalue weighted by Crippen LogP contribution is 2.14. The lowest BCUT2D eigenvalue weighted by Gasteiger charge is -2.07. The number of rotatable bonds is 1. The first kappa shape index (κ1) is 9.97. The van der Waals surface area contributed by atoms with Gasteiger partial charge in [0.25, 0.3) is 0 Å². The van der Waals surface area contributed by atoms with Crippen molar-refractivity contribution in [3.63, 3.8) is 0 Å². The Kier molecular flexibility index (Phi) is 4.24. The first-order chi connectivity index (χ1) is 6.30. The minimum absolute atomic E-state index is 0.623. The van der Waals surface area contributed by atoms with E-state index in [-0.39, 0.29) is 0 Å². The highest BCUT2D eigenvalue weighted by Gasteiger charge is 1.99. The van der Waals surface area contributed by atoms with Crippen LogP contribution in [0.3, 0.4) is 0 Å². The van der Waals surface area contributed by atoms with Crippen molar-refractivity contribution in [1.82, 2.24) is 0 Å². The van der Waals surface area contributed by atoms with Crippen LogP contribution in [0, 0.1) is 5.92 Å². The minimum Gasteiger partial charge on any atom is -0.269 e. The summed E-state index contributed by atoms with van der Waals surface area (Å²) >= 11 is 0. The average molecular weight is 175 g/mol. The summed E-state index contributed by atoms with van der Waals surface area (Å²) in [6.07, 6.45) is 14.3. The van der Waals surface area contributed by atoms with Gasteiger partial charge in [-0.3, -0.25) is 4.99 Å². The molecule has 0 aliphatic carbocycles. The lowest BCUT2D eigenvalue weighted by molar-refractivity contribution is 0.747. The van der Waals surface area contributed by atoms with Crippen LogP contribution in [-0.2, 0) is 0 Å². The second-order valence-corrected chi connectivity index (χ2v) is 3.48. The van der Waals surface area contributed by atoms with Crippen LogP contribution in [0.4, 0.5) is 0 Å². The van der Waals surface area contributed by atoms with Crippen molar-refractivity contribution in [1.29, 1.82) is 0 Å². The number of allylic oxidation sites excluding steroid dienone is 5. The molecular formula is C12H17N. The third-order valence-corrected chi connectivity index (χ3v) is 2.08. The number of hydrogen-bond acceptors (Lipinski definition) is 1. The lowest BCUT2D eigenvalue weighted by Crippen LogP contribution is -1.92. The topological polar surface area (TPSA) is 12.4 Å². The monoisotopic (exact) mass is 175 g/mol. The molecule has 0 atom stereocenters. The number of aliphatic imine (C=N–C) groups is 1. The summed E-state index contributed by atoms with van der Waals surface area (Å²) in [5.74, 6) is 0.623. The maximum Gasteiger partial charge on any atom is 0.0227 e. The van der Waals surface area contributed by atoms with E-state index < -0.39 is 0 Å². The quantitative estimate of drug-likeness (QED) is 0.578. The fourth-order valence-corrected chi connectivity index (χ4v) is 1.20. The molecule has 0 radical (unpaired) electrons. The van der Waals surface area contributed by atoms with E-state index in [2.05, 4.69) is 43.1 Å². The van der Waals surface area contributed by atoms with Crippen LogP contribution in [-0.4, -0.2) is 6.21 Å². The van der Waals surface area contributed by atoms with Gasteiger partial charge in [-0.15, -0.1) is 0 Å². The van der Waals surface area contributed by atoms with Crippen molar-refractivity contribution in [2.75, 3.05) is 0 Å². The molecule has 1 heteroatoms. The van der Waals surface area contributed by atoms with Crippen molar-refractivity contribution in [3.05, 3.63) is 36.1 Å². The van der Waals surface area contributed by atoms with E-state index in [0.29, 0.717) is 5.92 Å². The van der Waals surface area contributed by atoms with Gasteiger partial charge < -0.3 is 0 Å². The fourth-order valence-electron chi connectivity index (χ4n) is 1.20. The van der Waals surface area contributed by atoms with E-state index in [1.165, 1.54) is 5.57 Å². The van der Waals surface area contributed by atoms with E-state index in [4.69, 9.17) is 0 Å². The first-order valence-corrected chi connectivity index (χ1v) is 4.83. The van der Waals surface area contributed by atoms with Gasteiger partial charge in [0.05, 0.1) is 0 Å². The summed E-state index contributed by atoms with van der Waals surface area (Å²) in [4.78, 5) is 4.14. The van der Waals surface area contributed by atoms with Gasteiger partial charge in [-0.25, -0.2) is 0 Å². The molecule has 13 heavy (non-hydrogen) atoms. The Morgan fingerprint density at radius 2 is 2.15 bits per heavy atom. The molecule has 1 heterocycles. The molecule has 0 saturated carbocycles. The Morgan fingerprint density at radius 3 is 2.92 bits per heavy atom. The maximum absolute atomic E-state index is 4.14. The Morgan fingerprint density at radius 1 is 1.31 bits per heavy atom. The van der Waals surface area contributed by atoms with E-state index in [9.17, 15) is 0 Å². The molecule has 70 valence electrons. The molecule has 1 aliphatic rings. The van der Waals surface area contributed by atoms with Crippen LogP contribution >= 0.6 is 0 Å². The zero-order valence-corrected chi connectivity index (χ0v) is 8.40. The van der Waals surface area contributed by atoms with Crippen LogP contribution in [0.5, 0.6) is 0 Å². The Hall–Kier alpha value is -1.11. The minimum atomic E-state index is 0.623. The maximum atomic E-state index is 4.14. The largest absolute Gasteiger partial charge is 0.269 e. The van der Waals surface area contributed by atoms with Crippen LogP contribution in [0.2, 0.25) is 0 Å². The molecule has 0 saturated heterocycles. The van der Waals surface area contributed by atoms with Gasteiger partial charge in [-0.05, 0) is 12.3 Å². The molecule has 0 N–H and O–H groups in total. The summed E-state index contributed by atoms with van der Waals surface area (Å²) in [5, 5.41) is 0. The summed E-state index contributed by atoms with van der Waals surface area (Å²) in [6.45, 7) is 4.45. The van der Waals surface area contributed by atoms with Gasteiger partial charge in [0, 0.05) is 18.8 Å². The fraction of sp³-hybridized carbons (Fsp3) is 0.417. The normalized spacial score (nSPS) is 26.5. The smallest absolute Gasteiger partial charge is 0.0227 e. The Labute approximate surface area is 80.6 Å². The van der Waals surface area contributed by atoms with Crippen molar-refractivity contribution in [2.24, 2.45) is 10.9 Å². The predicted octanol–water partition coefficient (Wildman–Crippen LogP) is 3.50. The van der Waals surface area contributed by atoms with Gasteiger partial charge in [0.15, 0.2) is 0 Å². The molecule has 0 amide bonds. The first-order valence-electron chi connectivity index (χ1n) is 4.83. The molecule has 0 fully saturated rings. The molecule has 0 unspecified atom stereocenters. The SMILES string of the molecule is CC(C)/C1=C/C=C\CC=N/C=C\C1. The molecule has 0 aromatic rings. The van der Waals surface area contributed by atoms with E-state index in [1.807, 2.05) is 12.4 Å². The summed E-state index contributed by atoms with van der Waals surface area (Å²) in [6, 6.07) is 0. The molecule has 0 aromatic carbocycles. The second kappa shape index (κ2) is 5.52. The zero-order valence-electron chi connectivity index (χ0n) is 8.40. The van der Waals surface area contributed by atoms with Gasteiger partial charge >= 0.3 is 0 Å². The lowest BCUT2D eigenvalue weighted by atomic mass is 9.99. The van der Waals surface area contributed by atoms with E-state index in [1.54, 1.807) is 0 Å². The molecule has 0 spiro atoms. The third kappa shape index (κ3) is 3.88. The number of nitrogens with zero attached hydrogens (tertiary/aromatic N) is 1. The van der Waals surface area contributed by atoms with Crippen molar-refractivity contribution in [3.8, 4) is 0 Å². The van der Waals surface area contributed by atoms with Crippen LogP contribution in [0.1, 0.15) is 26.7 Å². The standard InChI is InChI=1S/C12H17N/c1-11(2)12-7-4-3-5-9-13-10-6-8-12/h3-4,6-7,9-11H,5,8H2,1-2H3/b4-3-,10-6-,12-7+,13-9?. The highest BCUT2D eigenvalue weighted by molar-refractivity contribution is 5.60. The molecular weight excluding hydrogens is 158 g/mol. The van der Waals surface area contributed by atoms with Crippen molar-refractivity contribution in [2.45, 2.75) is 26.7 Å². The number of hydrogen-bond donors (Lipinski definition) is 0. The summed E-state index contributed by atoms with van der Waals surface area (Å²) in [5.41, 5.74) is 1.46. The molecule has 1 nitrogen and oxygen atoms in total. The average Bonchev–Trinajstić information content (AvgIpc) is 2.14. The molecule has 0 bridgehead atoms. The summed E-state index contributed by atoms with van der Waals surface area (Å²) in [7, 11) is 0. The van der Waals surface area contributed by atoms with Gasteiger partial charge in [0.1, 0.15) is 0 Å². The van der Waals surface area contributed by atoms with Crippen LogP contribution in [0.15, 0.2) is 41.1 Å². The highest BCUT2D eigenvalue weighted by atomic mass is 14.7.